The van der Waals surface area contributed by atoms with Crippen molar-refractivity contribution in [2.45, 2.75) is 24.4 Å². The van der Waals surface area contributed by atoms with Crippen molar-refractivity contribution in [2.24, 2.45) is 0 Å². The maximum absolute atomic E-state index is 11.4. The van der Waals surface area contributed by atoms with E-state index in [2.05, 4.69) is 12.1 Å². The minimum absolute atomic E-state index is 0.0308. The average molecular weight is 279 g/mol. The van der Waals surface area contributed by atoms with Crippen molar-refractivity contribution in [1.29, 1.82) is 0 Å². The summed E-state index contributed by atoms with van der Waals surface area (Å²) in [6.07, 6.45) is -0.0373. The van der Waals surface area contributed by atoms with Crippen LogP contribution in [0.4, 0.5) is 5.69 Å². The lowest BCUT2D eigenvalue weighted by Gasteiger charge is -2.24. The van der Waals surface area contributed by atoms with E-state index in [1.165, 1.54) is 0 Å². The van der Waals surface area contributed by atoms with Gasteiger partial charge in [0, 0.05) is 11.6 Å². The van der Waals surface area contributed by atoms with E-state index >= 15 is 0 Å². The van der Waals surface area contributed by atoms with E-state index in [4.69, 9.17) is 9.47 Å². The molecular weight excluding hydrogens is 270 g/mol. The molecule has 5 heteroatoms. The van der Waals surface area contributed by atoms with Crippen molar-refractivity contribution in [3.63, 3.8) is 0 Å². The molecule has 0 amide bonds. The normalized spacial score (nSPS) is 31.8. The Hall–Kier alpha value is -2.24. The molecule has 0 bridgehead atoms. The van der Waals surface area contributed by atoms with Crippen LogP contribution in [0.25, 0.3) is 11.1 Å². The Kier molecular flexibility index (Phi) is 1.50. The SMILES string of the molecule is O=[N+]([O-])c1ccc2c3c1[C@@H]1O[C@@H]1c1cccc(c1-3)[C@H]1O[C@@H]21. The third kappa shape index (κ3) is 1.05. The molecule has 0 saturated carbocycles. The smallest absolute Gasteiger partial charge is 0.275 e. The molecule has 2 aliphatic carbocycles. The Morgan fingerprint density at radius 1 is 0.857 bits per heavy atom. The lowest BCUT2D eigenvalue weighted by molar-refractivity contribution is -0.385. The summed E-state index contributed by atoms with van der Waals surface area (Å²) in [7, 11) is 0. The van der Waals surface area contributed by atoms with E-state index in [1.54, 1.807) is 6.07 Å². The zero-order valence-corrected chi connectivity index (χ0v) is 10.8. The molecule has 102 valence electrons. The fraction of sp³-hybridized carbons (Fsp3) is 0.250. The van der Waals surface area contributed by atoms with Gasteiger partial charge in [0.1, 0.15) is 24.4 Å². The van der Waals surface area contributed by atoms with Crippen molar-refractivity contribution >= 4 is 5.69 Å². The first kappa shape index (κ1) is 10.5. The largest absolute Gasteiger partial charge is 0.359 e. The van der Waals surface area contributed by atoms with E-state index in [0.29, 0.717) is 0 Å². The number of hydrogen-bond donors (Lipinski definition) is 0. The molecule has 2 saturated heterocycles. The summed E-state index contributed by atoms with van der Waals surface area (Å²) in [5.74, 6) is 0. The maximum Gasteiger partial charge on any atom is 0.275 e. The standard InChI is InChI=1S/C16H9NO4/c18-17(19)9-5-4-8-11-10-6(13-14(8)20-13)2-1-3-7(10)15-16(21-15)12(9)11/h1-5,13-16H/t13-,14+,15-,16+/m1/s1. The highest BCUT2D eigenvalue weighted by Gasteiger charge is 2.57. The van der Waals surface area contributed by atoms with Gasteiger partial charge < -0.3 is 9.47 Å². The van der Waals surface area contributed by atoms with Gasteiger partial charge in [-0.05, 0) is 28.3 Å². The number of benzene rings is 2. The van der Waals surface area contributed by atoms with E-state index in [0.717, 1.165) is 33.4 Å². The van der Waals surface area contributed by atoms with E-state index < -0.39 is 0 Å². The van der Waals surface area contributed by atoms with Gasteiger partial charge in [-0.25, -0.2) is 0 Å². The first-order valence-electron chi connectivity index (χ1n) is 7.01. The second-order valence-corrected chi connectivity index (χ2v) is 5.99. The Morgan fingerprint density at radius 2 is 1.48 bits per heavy atom. The fourth-order valence-corrected chi connectivity index (χ4v) is 4.09. The van der Waals surface area contributed by atoms with Crippen LogP contribution >= 0.6 is 0 Å². The first-order chi connectivity index (χ1) is 10.3. The van der Waals surface area contributed by atoms with Crippen LogP contribution in [0.2, 0.25) is 0 Å². The summed E-state index contributed by atoms with van der Waals surface area (Å²) < 4.78 is 11.6. The maximum atomic E-state index is 11.4. The van der Waals surface area contributed by atoms with Crippen LogP contribution in [0.3, 0.4) is 0 Å². The number of hydrogen-bond acceptors (Lipinski definition) is 4. The van der Waals surface area contributed by atoms with Crippen molar-refractivity contribution in [1.82, 2.24) is 0 Å². The molecule has 0 N–H and O–H groups in total. The van der Waals surface area contributed by atoms with E-state index in [1.807, 2.05) is 12.1 Å². The first-order valence-corrected chi connectivity index (χ1v) is 7.01. The third-order valence-electron chi connectivity index (χ3n) is 5.02. The van der Waals surface area contributed by atoms with Crippen molar-refractivity contribution in [3.05, 3.63) is 62.7 Å². The Labute approximate surface area is 119 Å². The third-order valence-corrected chi connectivity index (χ3v) is 5.02. The molecule has 4 atom stereocenters. The summed E-state index contributed by atoms with van der Waals surface area (Å²) in [6, 6.07) is 9.61. The zero-order valence-electron chi connectivity index (χ0n) is 10.8. The number of nitro benzene ring substituents is 1. The molecule has 2 aromatic rings. The minimum atomic E-state index is -0.304. The van der Waals surface area contributed by atoms with Gasteiger partial charge in [0.2, 0.25) is 0 Å². The highest BCUT2D eigenvalue weighted by atomic mass is 16.6. The summed E-state index contributed by atoms with van der Waals surface area (Å²) >= 11 is 0. The summed E-state index contributed by atoms with van der Waals surface area (Å²) in [5, 5.41) is 11.4. The van der Waals surface area contributed by atoms with Crippen LogP contribution < -0.4 is 0 Å². The van der Waals surface area contributed by atoms with Gasteiger partial charge >= 0.3 is 0 Å². The van der Waals surface area contributed by atoms with E-state index in [-0.39, 0.29) is 35.0 Å². The van der Waals surface area contributed by atoms with Crippen LogP contribution in [0.1, 0.15) is 46.7 Å². The fourth-order valence-electron chi connectivity index (χ4n) is 4.09. The lowest BCUT2D eigenvalue weighted by Crippen LogP contribution is -2.11. The van der Waals surface area contributed by atoms with Gasteiger partial charge in [0.15, 0.2) is 0 Å². The summed E-state index contributed by atoms with van der Waals surface area (Å²) in [5.41, 5.74) is 6.41. The Bertz CT molecular complexity index is 861. The predicted molar refractivity (Wildman–Crippen MR) is 71.7 cm³/mol. The predicted octanol–water partition coefficient (Wildman–Crippen LogP) is 3.51. The number of nitro groups is 1. The van der Waals surface area contributed by atoms with Crippen LogP contribution in [0, 0.1) is 10.1 Å². The number of ether oxygens (including phenoxy) is 2. The molecule has 4 aliphatic rings. The minimum Gasteiger partial charge on any atom is -0.359 e. The van der Waals surface area contributed by atoms with Gasteiger partial charge in [0.25, 0.3) is 5.69 Å². The second kappa shape index (κ2) is 3.00. The quantitative estimate of drug-likeness (QED) is 0.455. The molecular formula is C16H9NO4. The summed E-state index contributed by atoms with van der Waals surface area (Å²) in [4.78, 5) is 11.1. The zero-order chi connectivity index (χ0) is 13.9. The Balaban J connectivity index is 1.81. The van der Waals surface area contributed by atoms with Crippen molar-refractivity contribution < 1.29 is 14.4 Å². The van der Waals surface area contributed by atoms with Gasteiger partial charge in [-0.3, -0.25) is 10.1 Å². The van der Waals surface area contributed by atoms with Gasteiger partial charge in [0.05, 0.1) is 10.5 Å². The van der Waals surface area contributed by atoms with Crippen LogP contribution in [-0.2, 0) is 9.47 Å². The van der Waals surface area contributed by atoms with Gasteiger partial charge in [-0.2, -0.15) is 0 Å². The number of rotatable bonds is 1. The summed E-state index contributed by atoms with van der Waals surface area (Å²) in [6.45, 7) is 0. The molecule has 6 rings (SSSR count). The molecule has 0 radical (unpaired) electrons. The van der Waals surface area contributed by atoms with Gasteiger partial charge in [-0.1, -0.05) is 18.2 Å². The molecule has 2 aromatic carbocycles. The molecule has 21 heavy (non-hydrogen) atoms. The monoisotopic (exact) mass is 279 g/mol. The molecule has 0 unspecified atom stereocenters. The molecule has 2 aliphatic heterocycles. The van der Waals surface area contributed by atoms with Crippen molar-refractivity contribution in [3.8, 4) is 11.1 Å². The number of fused-ring (bicyclic) bond motifs is 6. The van der Waals surface area contributed by atoms with Crippen LogP contribution in [-0.4, -0.2) is 4.92 Å². The molecule has 0 spiro atoms. The Morgan fingerprint density at radius 3 is 2.19 bits per heavy atom. The molecule has 2 fully saturated rings. The van der Waals surface area contributed by atoms with Gasteiger partial charge in [-0.15, -0.1) is 0 Å². The highest BCUT2D eigenvalue weighted by molar-refractivity contribution is 5.87. The van der Waals surface area contributed by atoms with Crippen LogP contribution in [0.15, 0.2) is 30.3 Å². The van der Waals surface area contributed by atoms with Crippen molar-refractivity contribution in [2.75, 3.05) is 0 Å². The number of epoxide rings is 2. The number of nitrogens with zero attached hydrogens (tertiary/aromatic N) is 1. The highest BCUT2D eigenvalue weighted by Crippen LogP contribution is 2.69. The van der Waals surface area contributed by atoms with Crippen LogP contribution in [0.5, 0.6) is 0 Å². The average Bonchev–Trinajstić information content (AvgIpc) is 3.36. The topological polar surface area (TPSA) is 68.2 Å². The molecule has 5 nitrogen and oxygen atoms in total. The lowest BCUT2D eigenvalue weighted by atomic mass is 9.75. The second-order valence-electron chi connectivity index (χ2n) is 5.99. The molecule has 0 aromatic heterocycles. The van der Waals surface area contributed by atoms with E-state index in [9.17, 15) is 10.1 Å². The molecule has 2 heterocycles.